The van der Waals surface area contributed by atoms with E-state index in [4.69, 9.17) is 10.2 Å². The highest BCUT2D eigenvalue weighted by Crippen LogP contribution is 1.89. The summed E-state index contributed by atoms with van der Waals surface area (Å²) in [4.78, 5) is 0. The third-order valence-electron chi connectivity index (χ3n) is 1.30. The first-order valence-electron chi connectivity index (χ1n) is 6.22. The van der Waals surface area contributed by atoms with Crippen LogP contribution in [0.15, 0.2) is 24.3 Å². The Labute approximate surface area is 153 Å². The average Bonchev–Trinajstić information content (AvgIpc) is 2.37. The summed E-state index contributed by atoms with van der Waals surface area (Å²) in [6.07, 6.45) is 8.45. The molecule has 0 saturated carbocycles. The maximum absolute atomic E-state index is 10.4. The number of hydrogen-bond acceptors (Lipinski definition) is 10. The molecule has 0 bridgehead atoms. The Morgan fingerprint density at radius 1 is 0.720 bits per heavy atom. The van der Waals surface area contributed by atoms with Crippen LogP contribution in [-0.4, -0.2) is 80.7 Å². The highest BCUT2D eigenvalue weighted by molar-refractivity contribution is 8.13. The van der Waals surface area contributed by atoms with Gasteiger partial charge in [0.2, 0.25) is 9.05 Å². The summed E-state index contributed by atoms with van der Waals surface area (Å²) < 4.78 is 69.2. The zero-order valence-electron chi connectivity index (χ0n) is 13.9. The molecule has 0 fully saturated rings. The molecular formula is C11H23ClO10S3. The number of hydrogen-bond donors (Lipinski definition) is 2. The van der Waals surface area contributed by atoms with Crippen LogP contribution in [0.4, 0.5) is 0 Å². The van der Waals surface area contributed by atoms with Gasteiger partial charge in [0.15, 0.2) is 0 Å². The molecule has 0 amide bonds. The van der Waals surface area contributed by atoms with Crippen LogP contribution in [0.3, 0.4) is 0 Å². The molecule has 0 aromatic rings. The molecule has 0 aromatic heterocycles. The lowest BCUT2D eigenvalue weighted by Crippen LogP contribution is -2.04. The van der Waals surface area contributed by atoms with E-state index in [1.165, 1.54) is 24.3 Å². The smallest absolute Gasteiger partial charge is 0.264 e. The van der Waals surface area contributed by atoms with Gasteiger partial charge in [0.05, 0.1) is 45.2 Å². The molecule has 0 spiro atoms. The van der Waals surface area contributed by atoms with Gasteiger partial charge in [-0.15, -0.1) is 0 Å². The van der Waals surface area contributed by atoms with E-state index in [9.17, 15) is 25.3 Å². The maximum atomic E-state index is 10.4. The molecule has 0 unspecified atom stereocenters. The van der Waals surface area contributed by atoms with Crippen molar-refractivity contribution < 1.29 is 43.8 Å². The summed E-state index contributed by atoms with van der Waals surface area (Å²) >= 11 is 0. The van der Waals surface area contributed by atoms with E-state index in [2.05, 4.69) is 19.0 Å². The van der Waals surface area contributed by atoms with Gasteiger partial charge in [0.25, 0.3) is 20.2 Å². The second-order valence-electron chi connectivity index (χ2n) is 3.97. The van der Waals surface area contributed by atoms with E-state index < -0.39 is 29.3 Å². The van der Waals surface area contributed by atoms with E-state index in [1.807, 2.05) is 0 Å². The number of aliphatic hydroxyl groups excluding tert-OH is 2. The number of aliphatic hydroxyl groups is 2. The maximum Gasteiger partial charge on any atom is 0.264 e. The lowest BCUT2D eigenvalue weighted by molar-refractivity contribution is 0.329. The summed E-state index contributed by atoms with van der Waals surface area (Å²) in [7, 11) is -5.59. The van der Waals surface area contributed by atoms with Crippen LogP contribution in [0.5, 0.6) is 0 Å². The Morgan fingerprint density at radius 2 is 0.960 bits per heavy atom. The molecule has 152 valence electrons. The Hall–Kier alpha value is -0.540. The van der Waals surface area contributed by atoms with Crippen LogP contribution in [-0.2, 0) is 37.7 Å². The molecule has 0 radical (unpaired) electrons. The summed E-state index contributed by atoms with van der Waals surface area (Å²) in [6, 6.07) is 0. The van der Waals surface area contributed by atoms with E-state index in [0.717, 1.165) is 18.8 Å². The normalized spacial score (nSPS) is 12.4. The Bertz CT molecular complexity index is 626. The molecule has 0 rings (SSSR count). The summed E-state index contributed by atoms with van der Waals surface area (Å²) in [6.45, 7) is -0.237. The van der Waals surface area contributed by atoms with Crippen molar-refractivity contribution in [3.05, 3.63) is 24.3 Å². The van der Waals surface area contributed by atoms with Gasteiger partial charge in [-0.1, -0.05) is 24.3 Å². The van der Waals surface area contributed by atoms with Crippen LogP contribution in [0.1, 0.15) is 0 Å². The summed E-state index contributed by atoms with van der Waals surface area (Å²) in [5, 5.41) is 16.0. The molecule has 0 heterocycles. The Morgan fingerprint density at radius 3 is 1.12 bits per heavy atom. The van der Waals surface area contributed by atoms with Crippen molar-refractivity contribution in [2.75, 3.05) is 45.2 Å². The lowest BCUT2D eigenvalue weighted by Gasteiger charge is -1.96. The highest BCUT2D eigenvalue weighted by atomic mass is 35.7. The number of rotatable bonds is 8. The summed E-state index contributed by atoms with van der Waals surface area (Å²) in [5.74, 6) is 0. The summed E-state index contributed by atoms with van der Waals surface area (Å²) in [5.41, 5.74) is 0. The lowest BCUT2D eigenvalue weighted by atomic mass is 10.5. The van der Waals surface area contributed by atoms with Crippen LogP contribution in [0, 0.1) is 0 Å². The van der Waals surface area contributed by atoms with E-state index in [1.54, 1.807) is 0 Å². The first-order valence-corrected chi connectivity index (χ1v) is 12.6. The monoisotopic (exact) mass is 446 g/mol. The molecule has 0 aliphatic carbocycles. The van der Waals surface area contributed by atoms with Crippen molar-refractivity contribution >= 4 is 40.0 Å². The van der Waals surface area contributed by atoms with Crippen molar-refractivity contribution in [1.29, 1.82) is 0 Å². The minimum Gasteiger partial charge on any atom is -0.392 e. The van der Waals surface area contributed by atoms with Crippen LogP contribution in [0.2, 0.25) is 0 Å². The third-order valence-corrected chi connectivity index (χ3v) is 2.43. The minimum absolute atomic E-state index is 0.0144. The van der Waals surface area contributed by atoms with Gasteiger partial charge in [-0.25, -0.2) is 8.42 Å². The largest absolute Gasteiger partial charge is 0.392 e. The SMILES string of the molecule is CS(=O)(=O)Cl.CS(=O)(=O)OC/C=C\COS(C)(=O)=O.OC/C=C\CO. The Kier molecular flexibility index (Phi) is 18.4. The highest BCUT2D eigenvalue weighted by Gasteiger charge is 1.99. The second-order valence-corrected chi connectivity index (χ2v) is 10.3. The van der Waals surface area contributed by atoms with Gasteiger partial charge in [0, 0.05) is 10.7 Å². The van der Waals surface area contributed by atoms with E-state index in [-0.39, 0.29) is 26.4 Å². The molecule has 0 saturated heterocycles. The van der Waals surface area contributed by atoms with Gasteiger partial charge in [-0.3, -0.25) is 8.37 Å². The molecule has 0 aromatic carbocycles. The molecule has 0 atom stereocenters. The minimum atomic E-state index is -3.45. The first-order chi connectivity index (χ1) is 11.1. The van der Waals surface area contributed by atoms with Crippen molar-refractivity contribution in [2.24, 2.45) is 0 Å². The quantitative estimate of drug-likeness (QED) is 0.274. The molecule has 14 heteroatoms. The van der Waals surface area contributed by atoms with E-state index in [0.29, 0.717) is 0 Å². The fourth-order valence-electron chi connectivity index (χ4n) is 0.611. The standard InChI is InChI=1S/C6H12O6S2.C4H8O2.CH3ClO2S/c1-13(7,8)11-5-3-4-6-12-14(2,9)10;5-3-1-2-4-6;1-5(2,3)4/h3-4H,5-6H2,1-2H3;1-2,5-6H,3-4H2;1H3/b4-3-;2-1-;. The van der Waals surface area contributed by atoms with Gasteiger partial charge in [-0.05, 0) is 0 Å². The molecule has 0 aliphatic rings. The van der Waals surface area contributed by atoms with Gasteiger partial charge < -0.3 is 10.2 Å². The van der Waals surface area contributed by atoms with Crippen molar-refractivity contribution in [3.63, 3.8) is 0 Å². The van der Waals surface area contributed by atoms with Crippen LogP contribution in [0.25, 0.3) is 0 Å². The molecule has 10 nitrogen and oxygen atoms in total. The van der Waals surface area contributed by atoms with Crippen LogP contribution < -0.4 is 0 Å². The topological polar surface area (TPSA) is 161 Å². The number of halogens is 1. The third kappa shape index (κ3) is 59.6. The predicted octanol–water partition coefficient (Wildman–Crippen LogP) is -0.793. The van der Waals surface area contributed by atoms with Crippen molar-refractivity contribution in [1.82, 2.24) is 0 Å². The van der Waals surface area contributed by atoms with Gasteiger partial charge >= 0.3 is 0 Å². The fourth-order valence-corrected chi connectivity index (χ4v) is 1.26. The molecule has 25 heavy (non-hydrogen) atoms. The zero-order chi connectivity index (χ0) is 20.6. The van der Waals surface area contributed by atoms with Gasteiger partial charge in [-0.2, -0.15) is 16.8 Å². The Balaban J connectivity index is -0.000000362. The van der Waals surface area contributed by atoms with Crippen molar-refractivity contribution in [3.8, 4) is 0 Å². The van der Waals surface area contributed by atoms with Crippen molar-refractivity contribution in [2.45, 2.75) is 0 Å². The predicted molar refractivity (Wildman–Crippen MR) is 94.7 cm³/mol. The van der Waals surface area contributed by atoms with Crippen LogP contribution >= 0.6 is 10.7 Å². The zero-order valence-corrected chi connectivity index (χ0v) is 17.1. The molecule has 0 aliphatic heterocycles. The molecular weight excluding hydrogens is 424 g/mol. The first kappa shape index (κ1) is 29.2. The van der Waals surface area contributed by atoms with E-state index >= 15 is 0 Å². The fraction of sp³-hybridized carbons (Fsp3) is 0.636. The second kappa shape index (κ2) is 15.7. The molecule has 2 N–H and O–H groups in total. The average molecular weight is 447 g/mol. The van der Waals surface area contributed by atoms with Gasteiger partial charge in [0.1, 0.15) is 0 Å².